The zero-order valence-corrected chi connectivity index (χ0v) is 18.6. The standard InChI is InChI=1S/C24H22FN3O3.ClH/c1-30-13-22(29)28-11-16-20(12-28)26-19(10-14-7-8-21(31-2)17(25)9-14)24-23(16)15-5-3-4-6-18(15)27-24;/h3-9,27H,10-13H2,1-2H3;1H. The van der Waals surface area contributed by atoms with Crippen LogP contribution in [-0.4, -0.2) is 41.6 Å². The Labute approximate surface area is 190 Å². The third kappa shape index (κ3) is 3.67. The van der Waals surface area contributed by atoms with Crippen LogP contribution in [0.1, 0.15) is 22.5 Å². The first kappa shape index (κ1) is 22.0. The maximum atomic E-state index is 14.3. The Morgan fingerprint density at radius 1 is 1.19 bits per heavy atom. The summed E-state index contributed by atoms with van der Waals surface area (Å²) < 4.78 is 24.3. The minimum Gasteiger partial charge on any atom is -0.494 e. The lowest BCUT2D eigenvalue weighted by Crippen LogP contribution is -2.28. The monoisotopic (exact) mass is 455 g/mol. The number of H-pyrrole nitrogens is 1. The van der Waals surface area contributed by atoms with E-state index in [0.717, 1.165) is 44.3 Å². The van der Waals surface area contributed by atoms with Crippen molar-refractivity contribution in [2.45, 2.75) is 19.5 Å². The van der Waals surface area contributed by atoms with E-state index in [1.165, 1.54) is 20.3 Å². The van der Waals surface area contributed by atoms with Gasteiger partial charge in [0.2, 0.25) is 5.91 Å². The van der Waals surface area contributed by atoms with Gasteiger partial charge in [-0.15, -0.1) is 12.4 Å². The Morgan fingerprint density at radius 2 is 2.00 bits per heavy atom. The summed E-state index contributed by atoms with van der Waals surface area (Å²) in [6.45, 7) is 0.986. The highest BCUT2D eigenvalue weighted by molar-refractivity contribution is 6.10. The van der Waals surface area contributed by atoms with Crippen molar-refractivity contribution in [3.05, 3.63) is 70.8 Å². The first-order valence-electron chi connectivity index (χ1n) is 10.1. The van der Waals surface area contributed by atoms with E-state index in [9.17, 15) is 9.18 Å². The van der Waals surface area contributed by atoms with E-state index in [0.29, 0.717) is 19.5 Å². The van der Waals surface area contributed by atoms with Crippen LogP contribution in [0.4, 0.5) is 4.39 Å². The quantitative estimate of drug-likeness (QED) is 0.485. The Hall–Kier alpha value is -3.16. The molecule has 166 valence electrons. The summed E-state index contributed by atoms with van der Waals surface area (Å²) in [5, 5.41) is 2.18. The fourth-order valence-electron chi connectivity index (χ4n) is 4.36. The summed E-state index contributed by atoms with van der Waals surface area (Å²) in [6, 6.07) is 13.1. The van der Waals surface area contributed by atoms with Gasteiger partial charge in [0.15, 0.2) is 11.6 Å². The number of aromatic nitrogens is 2. The molecule has 0 saturated carbocycles. The number of ether oxygens (including phenoxy) is 2. The summed E-state index contributed by atoms with van der Waals surface area (Å²) in [5.41, 5.74) is 5.51. The Kier molecular flexibility index (Phi) is 6.04. The SMILES string of the molecule is COCC(=O)N1Cc2nc(Cc3ccc(OC)c(F)c3)c3[nH]c4ccccc4c3c2C1.Cl. The number of pyridine rings is 1. The van der Waals surface area contributed by atoms with Gasteiger partial charge in [0.1, 0.15) is 6.61 Å². The fourth-order valence-corrected chi connectivity index (χ4v) is 4.36. The van der Waals surface area contributed by atoms with Gasteiger partial charge in [-0.3, -0.25) is 9.78 Å². The highest BCUT2D eigenvalue weighted by Gasteiger charge is 2.29. The number of aromatic amines is 1. The third-order valence-electron chi connectivity index (χ3n) is 5.81. The van der Waals surface area contributed by atoms with Gasteiger partial charge in [0, 0.05) is 41.9 Å². The fraction of sp³-hybridized carbons (Fsp3) is 0.250. The number of benzene rings is 2. The number of carbonyl (C=O) groups excluding carboxylic acids is 1. The summed E-state index contributed by atoms with van der Waals surface area (Å²) in [5.74, 6) is -0.244. The predicted molar refractivity (Wildman–Crippen MR) is 123 cm³/mol. The number of hydrogen-bond donors (Lipinski definition) is 1. The van der Waals surface area contributed by atoms with Crippen LogP contribution in [0.5, 0.6) is 5.75 Å². The molecule has 0 atom stereocenters. The first-order chi connectivity index (χ1) is 15.1. The molecule has 5 rings (SSSR count). The maximum Gasteiger partial charge on any atom is 0.249 e. The van der Waals surface area contributed by atoms with Gasteiger partial charge in [-0.2, -0.15) is 0 Å². The molecule has 1 amide bonds. The Bertz CT molecular complexity index is 1320. The molecule has 2 aromatic heterocycles. The molecule has 0 bridgehead atoms. The van der Waals surface area contributed by atoms with Crippen LogP contribution in [0.25, 0.3) is 21.8 Å². The normalized spacial score (nSPS) is 12.8. The summed E-state index contributed by atoms with van der Waals surface area (Å²) in [7, 11) is 2.97. The topological polar surface area (TPSA) is 67.4 Å². The van der Waals surface area contributed by atoms with Crippen molar-refractivity contribution < 1.29 is 18.7 Å². The number of para-hydroxylation sites is 1. The van der Waals surface area contributed by atoms with Gasteiger partial charge in [0.25, 0.3) is 0 Å². The number of fused-ring (bicyclic) bond motifs is 5. The van der Waals surface area contributed by atoms with E-state index in [1.54, 1.807) is 11.0 Å². The largest absolute Gasteiger partial charge is 0.494 e. The van der Waals surface area contributed by atoms with Crippen LogP contribution in [0.2, 0.25) is 0 Å². The van der Waals surface area contributed by atoms with E-state index in [4.69, 9.17) is 14.5 Å². The van der Waals surface area contributed by atoms with E-state index < -0.39 is 5.82 Å². The number of nitrogens with one attached hydrogen (secondary N) is 1. The van der Waals surface area contributed by atoms with Crippen LogP contribution in [0.15, 0.2) is 42.5 Å². The smallest absolute Gasteiger partial charge is 0.249 e. The summed E-state index contributed by atoms with van der Waals surface area (Å²) in [6.07, 6.45) is 0.462. The third-order valence-corrected chi connectivity index (χ3v) is 5.81. The number of carbonyl (C=O) groups is 1. The van der Waals surface area contributed by atoms with Gasteiger partial charge < -0.3 is 19.4 Å². The molecule has 1 aliphatic rings. The van der Waals surface area contributed by atoms with Crippen molar-refractivity contribution in [2.75, 3.05) is 20.8 Å². The molecule has 0 aliphatic carbocycles. The number of methoxy groups -OCH3 is 2. The number of hydrogen-bond acceptors (Lipinski definition) is 4. The average molecular weight is 456 g/mol. The Balaban J connectivity index is 0.00000245. The molecule has 2 aromatic carbocycles. The lowest BCUT2D eigenvalue weighted by molar-refractivity contribution is -0.135. The molecule has 1 aliphatic heterocycles. The second-order valence-electron chi connectivity index (χ2n) is 7.73. The lowest BCUT2D eigenvalue weighted by atomic mass is 10.0. The zero-order chi connectivity index (χ0) is 21.5. The average Bonchev–Trinajstić information content (AvgIpc) is 3.35. The highest BCUT2D eigenvalue weighted by atomic mass is 35.5. The van der Waals surface area contributed by atoms with Gasteiger partial charge >= 0.3 is 0 Å². The molecular formula is C24H23ClFN3O3. The molecule has 4 aromatic rings. The number of halogens is 2. The first-order valence-corrected chi connectivity index (χ1v) is 10.1. The Morgan fingerprint density at radius 3 is 2.75 bits per heavy atom. The molecule has 0 fully saturated rings. The minimum atomic E-state index is -0.398. The second kappa shape index (κ2) is 8.76. The van der Waals surface area contributed by atoms with Crippen molar-refractivity contribution in [1.29, 1.82) is 0 Å². The lowest BCUT2D eigenvalue weighted by Gasteiger charge is -2.13. The predicted octanol–water partition coefficient (Wildman–Crippen LogP) is 4.37. The molecule has 6 nitrogen and oxygen atoms in total. The highest BCUT2D eigenvalue weighted by Crippen LogP contribution is 2.36. The summed E-state index contributed by atoms with van der Waals surface area (Å²) >= 11 is 0. The van der Waals surface area contributed by atoms with E-state index in [-0.39, 0.29) is 30.7 Å². The molecule has 1 N–H and O–H groups in total. The zero-order valence-electron chi connectivity index (χ0n) is 17.8. The van der Waals surface area contributed by atoms with Gasteiger partial charge in [-0.25, -0.2) is 4.39 Å². The second-order valence-corrected chi connectivity index (χ2v) is 7.73. The van der Waals surface area contributed by atoms with E-state index in [1.807, 2.05) is 24.3 Å². The van der Waals surface area contributed by atoms with Crippen molar-refractivity contribution in [1.82, 2.24) is 14.9 Å². The molecular weight excluding hydrogens is 433 g/mol. The van der Waals surface area contributed by atoms with E-state index >= 15 is 0 Å². The van der Waals surface area contributed by atoms with Crippen LogP contribution >= 0.6 is 12.4 Å². The molecule has 32 heavy (non-hydrogen) atoms. The molecule has 0 radical (unpaired) electrons. The van der Waals surface area contributed by atoms with Gasteiger partial charge in [-0.05, 0) is 23.8 Å². The molecule has 3 heterocycles. The van der Waals surface area contributed by atoms with Crippen LogP contribution in [-0.2, 0) is 29.0 Å². The number of rotatable bonds is 5. The van der Waals surface area contributed by atoms with Crippen molar-refractivity contribution in [3.63, 3.8) is 0 Å². The molecule has 0 saturated heterocycles. The maximum absolute atomic E-state index is 14.3. The minimum absolute atomic E-state index is 0. The molecule has 0 spiro atoms. The molecule has 0 unspecified atom stereocenters. The van der Waals surface area contributed by atoms with Crippen LogP contribution in [0, 0.1) is 5.82 Å². The molecule has 8 heteroatoms. The van der Waals surface area contributed by atoms with Gasteiger partial charge in [-0.1, -0.05) is 24.3 Å². The van der Waals surface area contributed by atoms with Crippen LogP contribution in [0.3, 0.4) is 0 Å². The number of amides is 1. The van der Waals surface area contributed by atoms with Crippen molar-refractivity contribution in [2.24, 2.45) is 0 Å². The van der Waals surface area contributed by atoms with Gasteiger partial charge in [0.05, 0.1) is 30.6 Å². The summed E-state index contributed by atoms with van der Waals surface area (Å²) in [4.78, 5) is 22.6. The van der Waals surface area contributed by atoms with Crippen molar-refractivity contribution >= 4 is 40.1 Å². The number of nitrogens with zero attached hydrogens (tertiary/aromatic N) is 2. The van der Waals surface area contributed by atoms with E-state index in [2.05, 4.69) is 11.1 Å². The van der Waals surface area contributed by atoms with Crippen molar-refractivity contribution in [3.8, 4) is 5.75 Å². The van der Waals surface area contributed by atoms with Crippen LogP contribution < -0.4 is 4.74 Å².